The zero-order valence-electron chi connectivity index (χ0n) is 10.9. The van der Waals surface area contributed by atoms with Crippen LogP contribution in [0.1, 0.15) is 24.8 Å². The van der Waals surface area contributed by atoms with Gasteiger partial charge in [-0.15, -0.1) is 0 Å². The minimum atomic E-state index is 0.124. The van der Waals surface area contributed by atoms with Crippen LogP contribution in [-0.2, 0) is 11.2 Å². The Balaban J connectivity index is 1.92. The summed E-state index contributed by atoms with van der Waals surface area (Å²) in [6, 6.07) is 6.13. The number of methoxy groups -OCH3 is 2. The van der Waals surface area contributed by atoms with E-state index in [2.05, 4.69) is 5.32 Å². The van der Waals surface area contributed by atoms with Gasteiger partial charge in [0, 0.05) is 18.5 Å². The molecule has 18 heavy (non-hydrogen) atoms. The Bertz CT molecular complexity index is 405. The molecule has 98 valence electrons. The molecule has 0 heterocycles. The van der Waals surface area contributed by atoms with E-state index in [0.717, 1.165) is 29.9 Å². The molecule has 1 saturated carbocycles. The molecular weight excluding hydrogens is 230 g/mol. The van der Waals surface area contributed by atoms with Crippen LogP contribution in [0.3, 0.4) is 0 Å². The van der Waals surface area contributed by atoms with E-state index in [1.165, 1.54) is 0 Å². The minimum Gasteiger partial charge on any atom is -0.497 e. The van der Waals surface area contributed by atoms with Gasteiger partial charge in [0.15, 0.2) is 0 Å². The normalized spacial score (nSPS) is 14.1. The second-order valence-electron chi connectivity index (χ2n) is 4.56. The van der Waals surface area contributed by atoms with E-state index in [1.54, 1.807) is 14.2 Å². The standard InChI is InChI=1S/C14H19NO3/c1-17-12-7-10(8-13(9-12)18-2)3-6-14(16)15-11-4-5-11/h7-9,11H,3-6H2,1-2H3,(H,15,16). The molecule has 1 aliphatic carbocycles. The number of benzene rings is 1. The number of hydrogen-bond donors (Lipinski definition) is 1. The summed E-state index contributed by atoms with van der Waals surface area (Å²) in [6.45, 7) is 0. The van der Waals surface area contributed by atoms with Crippen molar-refractivity contribution in [1.82, 2.24) is 5.32 Å². The van der Waals surface area contributed by atoms with Crippen molar-refractivity contribution in [1.29, 1.82) is 0 Å². The second kappa shape index (κ2) is 5.76. The zero-order chi connectivity index (χ0) is 13.0. The van der Waals surface area contributed by atoms with E-state index in [4.69, 9.17) is 9.47 Å². The summed E-state index contributed by atoms with van der Waals surface area (Å²) in [5.41, 5.74) is 1.05. The van der Waals surface area contributed by atoms with Crippen LogP contribution in [0.5, 0.6) is 11.5 Å². The van der Waals surface area contributed by atoms with Crippen LogP contribution >= 0.6 is 0 Å². The topological polar surface area (TPSA) is 47.6 Å². The Labute approximate surface area is 107 Å². The van der Waals surface area contributed by atoms with Crippen LogP contribution in [0, 0.1) is 0 Å². The summed E-state index contributed by atoms with van der Waals surface area (Å²) in [5.74, 6) is 1.64. The Morgan fingerprint density at radius 2 is 1.83 bits per heavy atom. The lowest BCUT2D eigenvalue weighted by Gasteiger charge is -2.08. The van der Waals surface area contributed by atoms with Crippen LogP contribution < -0.4 is 14.8 Å². The molecule has 0 radical (unpaired) electrons. The quantitative estimate of drug-likeness (QED) is 0.837. The van der Waals surface area contributed by atoms with Gasteiger partial charge in [0.1, 0.15) is 11.5 Å². The SMILES string of the molecule is COc1cc(CCC(=O)NC2CC2)cc(OC)c1. The Kier molecular flexibility index (Phi) is 4.07. The first-order chi connectivity index (χ1) is 8.71. The number of carbonyl (C=O) groups excluding carboxylic acids is 1. The number of aryl methyl sites for hydroxylation is 1. The lowest BCUT2D eigenvalue weighted by atomic mass is 10.1. The molecule has 1 N–H and O–H groups in total. The Hall–Kier alpha value is -1.71. The van der Waals surface area contributed by atoms with Gasteiger partial charge in [-0.1, -0.05) is 0 Å². The highest BCUT2D eigenvalue weighted by atomic mass is 16.5. The van der Waals surface area contributed by atoms with Gasteiger partial charge in [0.2, 0.25) is 5.91 Å². The van der Waals surface area contributed by atoms with Crippen LogP contribution in [0.25, 0.3) is 0 Å². The van der Waals surface area contributed by atoms with Gasteiger partial charge in [-0.2, -0.15) is 0 Å². The van der Waals surface area contributed by atoms with Gasteiger partial charge in [0.25, 0.3) is 0 Å². The third-order valence-corrected chi connectivity index (χ3v) is 2.99. The number of ether oxygens (including phenoxy) is 2. The maximum atomic E-state index is 11.6. The van der Waals surface area contributed by atoms with Crippen molar-refractivity contribution < 1.29 is 14.3 Å². The number of rotatable bonds is 6. The molecule has 0 aromatic heterocycles. The van der Waals surface area contributed by atoms with Crippen molar-refractivity contribution in [3.8, 4) is 11.5 Å². The second-order valence-corrected chi connectivity index (χ2v) is 4.56. The summed E-state index contributed by atoms with van der Waals surface area (Å²) in [6.07, 6.45) is 3.45. The molecule has 0 atom stereocenters. The highest BCUT2D eigenvalue weighted by Gasteiger charge is 2.22. The van der Waals surface area contributed by atoms with Crippen LogP contribution in [0.4, 0.5) is 0 Å². The van der Waals surface area contributed by atoms with Crippen LogP contribution in [0.15, 0.2) is 18.2 Å². The van der Waals surface area contributed by atoms with Gasteiger partial charge in [-0.3, -0.25) is 4.79 Å². The van der Waals surface area contributed by atoms with Gasteiger partial charge in [0.05, 0.1) is 14.2 Å². The fourth-order valence-corrected chi connectivity index (χ4v) is 1.80. The van der Waals surface area contributed by atoms with Gasteiger partial charge in [-0.25, -0.2) is 0 Å². The van der Waals surface area contributed by atoms with E-state index in [9.17, 15) is 4.79 Å². The largest absolute Gasteiger partial charge is 0.497 e. The lowest BCUT2D eigenvalue weighted by molar-refractivity contribution is -0.121. The third kappa shape index (κ3) is 3.65. The fourth-order valence-electron chi connectivity index (χ4n) is 1.80. The van der Waals surface area contributed by atoms with Gasteiger partial charge < -0.3 is 14.8 Å². The van der Waals surface area contributed by atoms with E-state index in [0.29, 0.717) is 18.9 Å². The molecule has 0 unspecified atom stereocenters. The molecule has 2 rings (SSSR count). The van der Waals surface area contributed by atoms with Crippen molar-refractivity contribution in [3.05, 3.63) is 23.8 Å². The highest BCUT2D eigenvalue weighted by Crippen LogP contribution is 2.23. The van der Waals surface area contributed by atoms with Crippen molar-refractivity contribution in [2.75, 3.05) is 14.2 Å². The molecule has 4 heteroatoms. The summed E-state index contributed by atoms with van der Waals surface area (Å²) < 4.78 is 10.4. The zero-order valence-corrected chi connectivity index (χ0v) is 10.9. The molecule has 1 aliphatic rings. The predicted octanol–water partition coefficient (Wildman–Crippen LogP) is 1.92. The van der Waals surface area contributed by atoms with E-state index in [-0.39, 0.29) is 5.91 Å². The summed E-state index contributed by atoms with van der Waals surface area (Å²) in [4.78, 5) is 11.6. The van der Waals surface area contributed by atoms with Crippen molar-refractivity contribution in [2.45, 2.75) is 31.7 Å². The number of nitrogens with one attached hydrogen (secondary N) is 1. The molecule has 1 fully saturated rings. The van der Waals surface area contributed by atoms with E-state index < -0.39 is 0 Å². The smallest absolute Gasteiger partial charge is 0.220 e. The average Bonchev–Trinajstić information content (AvgIpc) is 3.19. The number of amides is 1. The van der Waals surface area contributed by atoms with Crippen LogP contribution in [0.2, 0.25) is 0 Å². The van der Waals surface area contributed by atoms with E-state index >= 15 is 0 Å². The van der Waals surface area contributed by atoms with Crippen molar-refractivity contribution in [2.24, 2.45) is 0 Å². The highest BCUT2D eigenvalue weighted by molar-refractivity contribution is 5.76. The average molecular weight is 249 g/mol. The molecule has 1 amide bonds. The molecule has 1 aromatic rings. The monoisotopic (exact) mass is 249 g/mol. The Morgan fingerprint density at radius 1 is 1.22 bits per heavy atom. The Morgan fingerprint density at radius 3 is 2.33 bits per heavy atom. The van der Waals surface area contributed by atoms with Crippen molar-refractivity contribution >= 4 is 5.91 Å². The van der Waals surface area contributed by atoms with Crippen molar-refractivity contribution in [3.63, 3.8) is 0 Å². The fraction of sp³-hybridized carbons (Fsp3) is 0.500. The van der Waals surface area contributed by atoms with E-state index in [1.807, 2.05) is 18.2 Å². The molecule has 0 saturated heterocycles. The van der Waals surface area contributed by atoms with Gasteiger partial charge >= 0.3 is 0 Å². The summed E-state index contributed by atoms with van der Waals surface area (Å²) in [5, 5.41) is 2.98. The minimum absolute atomic E-state index is 0.124. The number of hydrogen-bond acceptors (Lipinski definition) is 3. The molecular formula is C14H19NO3. The predicted molar refractivity (Wildman–Crippen MR) is 69.0 cm³/mol. The first kappa shape index (κ1) is 12.7. The number of carbonyl (C=O) groups is 1. The molecule has 1 aromatic carbocycles. The van der Waals surface area contributed by atoms with Gasteiger partial charge in [-0.05, 0) is 37.0 Å². The summed E-state index contributed by atoms with van der Waals surface area (Å²) in [7, 11) is 3.25. The molecule has 0 bridgehead atoms. The molecule has 4 nitrogen and oxygen atoms in total. The lowest BCUT2D eigenvalue weighted by Crippen LogP contribution is -2.25. The third-order valence-electron chi connectivity index (χ3n) is 2.99. The first-order valence-corrected chi connectivity index (χ1v) is 6.22. The molecule has 0 spiro atoms. The molecule has 0 aliphatic heterocycles. The first-order valence-electron chi connectivity index (χ1n) is 6.22. The maximum absolute atomic E-state index is 11.6. The van der Waals surface area contributed by atoms with Crippen LogP contribution in [-0.4, -0.2) is 26.2 Å². The maximum Gasteiger partial charge on any atom is 0.220 e. The summed E-state index contributed by atoms with van der Waals surface area (Å²) >= 11 is 0.